The predicted octanol–water partition coefficient (Wildman–Crippen LogP) is 4.27. The number of rotatable bonds is 7. The maximum Gasteiger partial charge on any atom is 0.359 e. The van der Waals surface area contributed by atoms with Crippen LogP contribution in [0, 0.1) is 5.82 Å². The zero-order chi connectivity index (χ0) is 18.4. The number of anilines is 1. The lowest BCUT2D eigenvalue weighted by molar-refractivity contribution is 0.0520. The third kappa shape index (κ3) is 4.99. The van der Waals surface area contributed by atoms with Gasteiger partial charge < -0.3 is 14.8 Å². The highest BCUT2D eigenvalue weighted by Crippen LogP contribution is 2.27. The van der Waals surface area contributed by atoms with E-state index in [1.807, 2.05) is 6.92 Å². The van der Waals surface area contributed by atoms with Crippen molar-refractivity contribution in [2.45, 2.75) is 19.9 Å². The quantitative estimate of drug-likeness (QED) is 0.690. The molecule has 0 amide bonds. The normalized spacial score (nSPS) is 11.9. The van der Waals surface area contributed by atoms with Crippen LogP contribution >= 0.6 is 15.9 Å². The molecular weight excluding hydrogens is 391 g/mol. The molecule has 0 radical (unpaired) electrons. The fourth-order valence-electron chi connectivity index (χ4n) is 2.33. The van der Waals surface area contributed by atoms with E-state index < -0.39 is 11.8 Å². The molecule has 2 rings (SSSR count). The van der Waals surface area contributed by atoms with Gasteiger partial charge in [0, 0.05) is 23.2 Å². The van der Waals surface area contributed by atoms with Crippen LogP contribution in [-0.2, 0) is 9.47 Å². The minimum absolute atomic E-state index is 0.0339. The Morgan fingerprint density at radius 1 is 1.36 bits per heavy atom. The molecule has 2 aromatic rings. The van der Waals surface area contributed by atoms with Gasteiger partial charge in [0.2, 0.25) is 0 Å². The molecule has 1 unspecified atom stereocenters. The van der Waals surface area contributed by atoms with Crippen molar-refractivity contribution in [3.8, 4) is 11.3 Å². The van der Waals surface area contributed by atoms with E-state index >= 15 is 0 Å². The molecule has 0 fully saturated rings. The summed E-state index contributed by atoms with van der Waals surface area (Å²) in [5.41, 5.74) is 1.28. The highest BCUT2D eigenvalue weighted by molar-refractivity contribution is 9.10. The molecule has 1 heterocycles. The fraction of sp³-hybridized carbons (Fsp3) is 0.333. The summed E-state index contributed by atoms with van der Waals surface area (Å²) in [6, 6.07) is 7.89. The largest absolute Gasteiger partial charge is 0.461 e. The van der Waals surface area contributed by atoms with Crippen LogP contribution in [0.4, 0.5) is 10.1 Å². The van der Waals surface area contributed by atoms with Crippen LogP contribution in [0.1, 0.15) is 24.3 Å². The molecule has 134 valence electrons. The van der Waals surface area contributed by atoms with Crippen molar-refractivity contribution in [3.05, 3.63) is 46.3 Å². The molecule has 0 saturated heterocycles. The molecule has 1 aromatic carbocycles. The van der Waals surface area contributed by atoms with E-state index in [2.05, 4.69) is 26.2 Å². The number of esters is 1. The Hall–Kier alpha value is -1.99. The average Bonchev–Trinajstić information content (AvgIpc) is 2.58. The molecule has 0 aliphatic heterocycles. The molecule has 1 aromatic heterocycles. The van der Waals surface area contributed by atoms with E-state index in [-0.39, 0.29) is 18.3 Å². The van der Waals surface area contributed by atoms with Crippen molar-refractivity contribution in [1.82, 2.24) is 4.98 Å². The summed E-state index contributed by atoms with van der Waals surface area (Å²) in [5, 5.41) is 3.16. The number of hydrogen-bond acceptors (Lipinski definition) is 5. The summed E-state index contributed by atoms with van der Waals surface area (Å²) in [7, 11) is 1.60. The SMILES string of the molecule is CCOC(=O)c1nc(-c2cc(Br)ccc2F)ccc1NC(C)COC. The van der Waals surface area contributed by atoms with Gasteiger partial charge in [0.25, 0.3) is 0 Å². The maximum absolute atomic E-state index is 14.1. The third-order valence-electron chi connectivity index (χ3n) is 3.39. The predicted molar refractivity (Wildman–Crippen MR) is 98.2 cm³/mol. The lowest BCUT2D eigenvalue weighted by Gasteiger charge is -2.17. The average molecular weight is 411 g/mol. The van der Waals surface area contributed by atoms with Crippen LogP contribution in [0.25, 0.3) is 11.3 Å². The molecule has 7 heteroatoms. The van der Waals surface area contributed by atoms with Gasteiger partial charge in [-0.05, 0) is 44.2 Å². The first-order valence-electron chi connectivity index (χ1n) is 7.85. The number of pyridine rings is 1. The number of nitrogens with one attached hydrogen (secondary N) is 1. The van der Waals surface area contributed by atoms with Crippen LogP contribution in [0.2, 0.25) is 0 Å². The van der Waals surface area contributed by atoms with Crippen molar-refractivity contribution < 1.29 is 18.7 Å². The van der Waals surface area contributed by atoms with Crippen molar-refractivity contribution in [2.75, 3.05) is 25.6 Å². The summed E-state index contributed by atoms with van der Waals surface area (Å²) in [6.45, 7) is 4.32. The van der Waals surface area contributed by atoms with Crippen molar-refractivity contribution in [3.63, 3.8) is 0 Å². The Bertz CT molecular complexity index is 755. The molecule has 0 spiro atoms. The molecule has 25 heavy (non-hydrogen) atoms. The molecule has 1 N–H and O–H groups in total. The minimum Gasteiger partial charge on any atom is -0.461 e. The van der Waals surface area contributed by atoms with E-state index in [9.17, 15) is 9.18 Å². The van der Waals surface area contributed by atoms with Gasteiger partial charge >= 0.3 is 5.97 Å². The van der Waals surface area contributed by atoms with Crippen LogP contribution < -0.4 is 5.32 Å². The second kappa shape index (κ2) is 8.92. The molecule has 5 nitrogen and oxygen atoms in total. The lowest BCUT2D eigenvalue weighted by atomic mass is 10.1. The molecule has 0 aliphatic carbocycles. The number of carbonyl (C=O) groups is 1. The third-order valence-corrected chi connectivity index (χ3v) is 3.88. The number of aromatic nitrogens is 1. The summed E-state index contributed by atoms with van der Waals surface area (Å²) < 4.78 is 25.0. The smallest absolute Gasteiger partial charge is 0.359 e. The van der Waals surface area contributed by atoms with Crippen molar-refractivity contribution in [1.29, 1.82) is 0 Å². The van der Waals surface area contributed by atoms with Crippen molar-refractivity contribution >= 4 is 27.6 Å². The van der Waals surface area contributed by atoms with Crippen LogP contribution in [0.3, 0.4) is 0 Å². The Morgan fingerprint density at radius 2 is 2.12 bits per heavy atom. The molecule has 0 bridgehead atoms. The number of methoxy groups -OCH3 is 1. The Kier molecular flexibility index (Phi) is 6.90. The highest BCUT2D eigenvalue weighted by atomic mass is 79.9. The first-order valence-corrected chi connectivity index (χ1v) is 8.64. The first kappa shape index (κ1) is 19.3. The van der Waals surface area contributed by atoms with E-state index in [0.29, 0.717) is 23.6 Å². The Labute approximate surface area is 154 Å². The molecule has 1 atom stereocenters. The molecule has 0 saturated carbocycles. The van der Waals surface area contributed by atoms with E-state index in [4.69, 9.17) is 9.47 Å². The first-order chi connectivity index (χ1) is 12.0. The van der Waals surface area contributed by atoms with E-state index in [1.165, 1.54) is 6.07 Å². The Morgan fingerprint density at radius 3 is 2.80 bits per heavy atom. The minimum atomic E-state index is -0.563. The van der Waals surface area contributed by atoms with Gasteiger partial charge in [0.15, 0.2) is 5.69 Å². The summed E-state index contributed by atoms with van der Waals surface area (Å²) in [4.78, 5) is 16.6. The van der Waals surface area contributed by atoms with Gasteiger partial charge in [-0.1, -0.05) is 15.9 Å². The van der Waals surface area contributed by atoms with Gasteiger partial charge in [0.1, 0.15) is 5.82 Å². The van der Waals surface area contributed by atoms with E-state index in [0.717, 1.165) is 4.47 Å². The number of hydrogen-bond donors (Lipinski definition) is 1. The van der Waals surface area contributed by atoms with E-state index in [1.54, 1.807) is 38.3 Å². The van der Waals surface area contributed by atoms with Crippen molar-refractivity contribution in [2.24, 2.45) is 0 Å². The number of carbonyl (C=O) groups excluding carboxylic acids is 1. The van der Waals surface area contributed by atoms with Gasteiger partial charge in [-0.3, -0.25) is 0 Å². The Balaban J connectivity index is 2.46. The number of halogens is 2. The van der Waals surface area contributed by atoms with Gasteiger partial charge in [-0.25, -0.2) is 14.2 Å². The molecule has 0 aliphatic rings. The number of nitrogens with zero attached hydrogens (tertiary/aromatic N) is 1. The summed E-state index contributed by atoms with van der Waals surface area (Å²) in [6.07, 6.45) is 0. The van der Waals surface area contributed by atoms with Crippen LogP contribution in [0.15, 0.2) is 34.8 Å². The zero-order valence-electron chi connectivity index (χ0n) is 14.3. The van der Waals surface area contributed by atoms with Gasteiger partial charge in [-0.2, -0.15) is 0 Å². The number of ether oxygens (including phenoxy) is 2. The monoisotopic (exact) mass is 410 g/mol. The second-order valence-corrected chi connectivity index (χ2v) is 6.35. The zero-order valence-corrected chi connectivity index (χ0v) is 15.9. The lowest BCUT2D eigenvalue weighted by Crippen LogP contribution is -2.23. The maximum atomic E-state index is 14.1. The van der Waals surface area contributed by atoms with Gasteiger partial charge in [-0.15, -0.1) is 0 Å². The summed E-state index contributed by atoms with van der Waals surface area (Å²) >= 11 is 3.32. The topological polar surface area (TPSA) is 60.5 Å². The fourth-order valence-corrected chi connectivity index (χ4v) is 2.69. The number of benzene rings is 1. The highest BCUT2D eigenvalue weighted by Gasteiger charge is 2.19. The summed E-state index contributed by atoms with van der Waals surface area (Å²) in [5.74, 6) is -0.981. The van der Waals surface area contributed by atoms with Crippen LogP contribution in [-0.4, -0.2) is 37.3 Å². The molecular formula is C18H20BrFN2O3. The second-order valence-electron chi connectivity index (χ2n) is 5.44. The standard InChI is InChI=1S/C18H20BrFN2O3/c1-4-25-18(23)17-16(21-11(2)10-24-3)8-7-15(22-17)13-9-12(19)5-6-14(13)20/h5-9,11,21H,4,10H2,1-3H3. The van der Waals surface area contributed by atoms with Crippen LogP contribution in [0.5, 0.6) is 0 Å². The van der Waals surface area contributed by atoms with Gasteiger partial charge in [0.05, 0.1) is 24.6 Å².